The zero-order valence-corrected chi connectivity index (χ0v) is 22.2. The minimum Gasteiger partial charge on any atom is -0.355 e. The molecule has 1 aliphatic heterocycles. The normalized spacial score (nSPS) is 18.4. The molecular weight excluding hydrogens is 464 g/mol. The molecule has 1 aliphatic rings. The molecule has 0 saturated carbocycles. The largest absolute Gasteiger partial charge is 0.355 e. The lowest BCUT2D eigenvalue weighted by molar-refractivity contribution is -0.123. The number of nitrogens with zero attached hydrogens (tertiary/aromatic N) is 5. The van der Waals surface area contributed by atoms with Crippen molar-refractivity contribution in [2.45, 2.75) is 46.3 Å². The van der Waals surface area contributed by atoms with Crippen LogP contribution in [-0.4, -0.2) is 75.5 Å². The number of nitrogens with one attached hydrogen (secondary N) is 3. The third-order valence-electron chi connectivity index (χ3n) is 6.63. The molecule has 1 amide bonds. The van der Waals surface area contributed by atoms with Crippen LogP contribution in [-0.2, 0) is 11.3 Å². The summed E-state index contributed by atoms with van der Waals surface area (Å²) in [5.74, 6) is 1.50. The van der Waals surface area contributed by atoms with Crippen LogP contribution in [0.1, 0.15) is 33.3 Å². The number of benzene rings is 1. The Bertz CT molecular complexity index is 1170. The van der Waals surface area contributed by atoms with Crippen LogP contribution in [0.4, 0.5) is 17.5 Å². The fraction of sp³-hybridized carbons (Fsp3) is 0.429. The van der Waals surface area contributed by atoms with Crippen molar-refractivity contribution >= 4 is 23.4 Å². The average Bonchev–Trinajstić information content (AvgIpc) is 2.88. The van der Waals surface area contributed by atoms with E-state index in [-0.39, 0.29) is 5.91 Å². The molecule has 3 aromatic rings. The third-order valence-corrected chi connectivity index (χ3v) is 6.63. The number of rotatable bonds is 10. The predicted molar refractivity (Wildman–Crippen MR) is 149 cm³/mol. The molecule has 3 heterocycles. The van der Waals surface area contributed by atoms with Gasteiger partial charge in [-0.05, 0) is 63.1 Å². The van der Waals surface area contributed by atoms with Gasteiger partial charge in [0.2, 0.25) is 11.9 Å². The summed E-state index contributed by atoms with van der Waals surface area (Å²) in [5, 5.41) is 9.47. The summed E-state index contributed by atoms with van der Waals surface area (Å²) in [5.41, 5.74) is 4.18. The highest BCUT2D eigenvalue weighted by molar-refractivity contribution is 5.78. The fourth-order valence-corrected chi connectivity index (χ4v) is 4.68. The van der Waals surface area contributed by atoms with Gasteiger partial charge in [-0.25, -0.2) is 15.0 Å². The van der Waals surface area contributed by atoms with Crippen molar-refractivity contribution in [1.29, 1.82) is 0 Å². The number of aromatic nitrogens is 3. The minimum atomic E-state index is 0.101. The van der Waals surface area contributed by atoms with E-state index in [9.17, 15) is 4.79 Å². The molecule has 1 saturated heterocycles. The maximum atomic E-state index is 12.1. The Labute approximate surface area is 219 Å². The SMILES string of the molecule is CCNC(=O)CN1CC(C)N(Cc2cccc(Nc3cc(-c4cnc(NCC)nc4)ccn3)c2)CC1C. The Morgan fingerprint density at radius 3 is 2.46 bits per heavy atom. The lowest BCUT2D eigenvalue weighted by Gasteiger charge is -2.44. The first-order valence-corrected chi connectivity index (χ1v) is 13.1. The number of carbonyl (C=O) groups is 1. The molecule has 2 unspecified atom stereocenters. The maximum Gasteiger partial charge on any atom is 0.234 e. The number of amides is 1. The Hall–Kier alpha value is -3.56. The van der Waals surface area contributed by atoms with Gasteiger partial charge in [-0.3, -0.25) is 14.6 Å². The molecule has 0 aliphatic carbocycles. The lowest BCUT2D eigenvalue weighted by atomic mass is 10.1. The minimum absolute atomic E-state index is 0.101. The number of carbonyl (C=O) groups excluding carboxylic acids is 1. The smallest absolute Gasteiger partial charge is 0.234 e. The van der Waals surface area contributed by atoms with Crippen LogP contribution < -0.4 is 16.0 Å². The van der Waals surface area contributed by atoms with Crippen molar-refractivity contribution < 1.29 is 4.79 Å². The first kappa shape index (κ1) is 26.5. The van der Waals surface area contributed by atoms with Gasteiger partial charge < -0.3 is 16.0 Å². The van der Waals surface area contributed by atoms with Gasteiger partial charge in [0.15, 0.2) is 0 Å². The molecule has 0 bridgehead atoms. The molecule has 9 nitrogen and oxygen atoms in total. The first-order valence-electron chi connectivity index (χ1n) is 13.1. The van der Waals surface area contributed by atoms with Crippen molar-refractivity contribution in [3.05, 3.63) is 60.6 Å². The number of hydrogen-bond donors (Lipinski definition) is 3. The van der Waals surface area contributed by atoms with E-state index in [0.29, 0.717) is 31.1 Å². The summed E-state index contributed by atoms with van der Waals surface area (Å²) >= 11 is 0. The molecule has 1 aromatic carbocycles. The van der Waals surface area contributed by atoms with E-state index in [4.69, 9.17) is 0 Å². The molecule has 0 radical (unpaired) electrons. The molecule has 2 atom stereocenters. The summed E-state index contributed by atoms with van der Waals surface area (Å²) in [6.45, 7) is 13.0. The van der Waals surface area contributed by atoms with E-state index in [1.807, 2.05) is 38.4 Å². The molecule has 1 fully saturated rings. The van der Waals surface area contributed by atoms with Crippen molar-refractivity contribution in [2.75, 3.05) is 43.4 Å². The Morgan fingerprint density at radius 2 is 1.70 bits per heavy atom. The van der Waals surface area contributed by atoms with E-state index in [1.54, 1.807) is 6.20 Å². The molecule has 9 heteroatoms. The zero-order valence-electron chi connectivity index (χ0n) is 22.2. The summed E-state index contributed by atoms with van der Waals surface area (Å²) < 4.78 is 0. The quantitative estimate of drug-likeness (QED) is 0.386. The summed E-state index contributed by atoms with van der Waals surface area (Å²) in [6.07, 6.45) is 5.44. The third kappa shape index (κ3) is 7.24. The van der Waals surface area contributed by atoms with Crippen LogP contribution in [0.5, 0.6) is 0 Å². The van der Waals surface area contributed by atoms with Crippen LogP contribution in [0.3, 0.4) is 0 Å². The lowest BCUT2D eigenvalue weighted by Crippen LogP contribution is -2.57. The fourth-order valence-electron chi connectivity index (χ4n) is 4.68. The van der Waals surface area contributed by atoms with Crippen molar-refractivity contribution in [3.63, 3.8) is 0 Å². The number of pyridine rings is 1. The van der Waals surface area contributed by atoms with E-state index < -0.39 is 0 Å². The number of piperazine rings is 1. The van der Waals surface area contributed by atoms with E-state index >= 15 is 0 Å². The van der Waals surface area contributed by atoms with Gasteiger partial charge >= 0.3 is 0 Å². The Balaban J connectivity index is 1.39. The molecular formula is C28H38N8O. The first-order chi connectivity index (χ1) is 17.9. The molecule has 37 heavy (non-hydrogen) atoms. The van der Waals surface area contributed by atoms with E-state index in [0.717, 1.165) is 48.8 Å². The number of likely N-dealkylation sites (N-methyl/N-ethyl adjacent to an activating group) is 1. The Kier molecular flexibility index (Phi) is 9.03. The van der Waals surface area contributed by atoms with Crippen LogP contribution in [0.25, 0.3) is 11.1 Å². The van der Waals surface area contributed by atoms with Crippen LogP contribution in [0.15, 0.2) is 55.0 Å². The topological polar surface area (TPSA) is 98.3 Å². The van der Waals surface area contributed by atoms with Gasteiger partial charge in [-0.15, -0.1) is 0 Å². The summed E-state index contributed by atoms with van der Waals surface area (Å²) in [7, 11) is 0. The second kappa shape index (κ2) is 12.6. The highest BCUT2D eigenvalue weighted by Crippen LogP contribution is 2.24. The van der Waals surface area contributed by atoms with E-state index in [1.165, 1.54) is 5.56 Å². The zero-order chi connectivity index (χ0) is 26.2. The monoisotopic (exact) mass is 502 g/mol. The van der Waals surface area contributed by atoms with Crippen molar-refractivity contribution in [2.24, 2.45) is 0 Å². The highest BCUT2D eigenvalue weighted by Gasteiger charge is 2.30. The second-order valence-electron chi connectivity index (χ2n) is 9.59. The molecule has 3 N–H and O–H groups in total. The van der Waals surface area contributed by atoms with Gasteiger partial charge in [0, 0.05) is 74.6 Å². The van der Waals surface area contributed by atoms with Gasteiger partial charge in [-0.1, -0.05) is 12.1 Å². The van der Waals surface area contributed by atoms with Crippen molar-refractivity contribution in [3.8, 4) is 11.1 Å². The standard InChI is InChI=1S/C28H38N8O/c1-5-29-27(37)19-36-17-20(3)35(16-21(36)4)18-22-8-7-9-25(12-22)34-26-13-23(10-11-31-26)24-14-32-28(30-6-2)33-15-24/h7-15,20-21H,5-6,16-19H2,1-4H3,(H,29,37)(H,31,34)(H,30,32,33). The van der Waals surface area contributed by atoms with Gasteiger partial charge in [0.25, 0.3) is 0 Å². The maximum absolute atomic E-state index is 12.1. The van der Waals surface area contributed by atoms with Crippen molar-refractivity contribution in [1.82, 2.24) is 30.1 Å². The molecule has 196 valence electrons. The summed E-state index contributed by atoms with van der Waals surface area (Å²) in [6, 6.07) is 13.1. The Morgan fingerprint density at radius 1 is 0.946 bits per heavy atom. The van der Waals surface area contributed by atoms with Crippen LogP contribution in [0.2, 0.25) is 0 Å². The second-order valence-corrected chi connectivity index (χ2v) is 9.59. The molecule has 2 aromatic heterocycles. The summed E-state index contributed by atoms with van der Waals surface area (Å²) in [4.78, 5) is 30.1. The molecule has 0 spiro atoms. The molecule has 4 rings (SSSR count). The predicted octanol–water partition coefficient (Wildman–Crippen LogP) is 3.74. The van der Waals surface area contributed by atoms with E-state index in [2.05, 4.69) is 78.8 Å². The number of anilines is 3. The highest BCUT2D eigenvalue weighted by atomic mass is 16.2. The van der Waals surface area contributed by atoms with Gasteiger partial charge in [-0.2, -0.15) is 0 Å². The van der Waals surface area contributed by atoms with Crippen LogP contribution >= 0.6 is 0 Å². The van der Waals surface area contributed by atoms with Gasteiger partial charge in [0.05, 0.1) is 6.54 Å². The van der Waals surface area contributed by atoms with Crippen LogP contribution in [0, 0.1) is 0 Å². The van der Waals surface area contributed by atoms with Gasteiger partial charge in [0.1, 0.15) is 5.82 Å². The number of hydrogen-bond acceptors (Lipinski definition) is 8. The average molecular weight is 503 g/mol.